The molecular formula is C13H16N2O2. The number of carbonyl (C=O) groups is 1. The average Bonchev–Trinajstić information content (AvgIpc) is 2.30. The molecule has 0 aliphatic rings. The Morgan fingerprint density at radius 3 is 2.65 bits per heavy atom. The summed E-state index contributed by atoms with van der Waals surface area (Å²) in [5.41, 5.74) is 7.47. The van der Waals surface area contributed by atoms with Gasteiger partial charge in [0, 0.05) is 6.04 Å². The highest BCUT2D eigenvalue weighted by molar-refractivity contribution is 5.70. The zero-order chi connectivity index (χ0) is 12.7. The SMILES string of the molecule is CCOC(=O)C[C@@H](N)Cc1ccc(C#N)cc1. The summed E-state index contributed by atoms with van der Waals surface area (Å²) >= 11 is 0. The first-order valence-electron chi connectivity index (χ1n) is 5.56. The summed E-state index contributed by atoms with van der Waals surface area (Å²) in [6, 6.07) is 8.99. The molecule has 0 aliphatic carbocycles. The number of hydrogen-bond acceptors (Lipinski definition) is 4. The molecule has 4 nitrogen and oxygen atoms in total. The van der Waals surface area contributed by atoms with Gasteiger partial charge in [-0.2, -0.15) is 5.26 Å². The van der Waals surface area contributed by atoms with Gasteiger partial charge in [-0.05, 0) is 31.0 Å². The van der Waals surface area contributed by atoms with Crippen molar-refractivity contribution in [1.29, 1.82) is 5.26 Å². The molecule has 0 aliphatic heterocycles. The van der Waals surface area contributed by atoms with Gasteiger partial charge in [0.1, 0.15) is 0 Å². The normalized spacial score (nSPS) is 11.6. The van der Waals surface area contributed by atoms with E-state index in [2.05, 4.69) is 6.07 Å². The van der Waals surface area contributed by atoms with Crippen LogP contribution < -0.4 is 5.73 Å². The number of nitriles is 1. The van der Waals surface area contributed by atoms with Crippen LogP contribution in [0.4, 0.5) is 0 Å². The third kappa shape index (κ3) is 4.66. The van der Waals surface area contributed by atoms with Crippen molar-refractivity contribution in [3.05, 3.63) is 35.4 Å². The van der Waals surface area contributed by atoms with Crippen molar-refractivity contribution in [3.8, 4) is 6.07 Å². The fourth-order valence-electron chi connectivity index (χ4n) is 1.52. The van der Waals surface area contributed by atoms with E-state index in [1.54, 1.807) is 19.1 Å². The van der Waals surface area contributed by atoms with E-state index in [9.17, 15) is 4.79 Å². The van der Waals surface area contributed by atoms with E-state index in [1.165, 1.54) is 0 Å². The van der Waals surface area contributed by atoms with Crippen LogP contribution >= 0.6 is 0 Å². The Balaban J connectivity index is 2.47. The first kappa shape index (κ1) is 13.2. The van der Waals surface area contributed by atoms with E-state index in [0.29, 0.717) is 18.6 Å². The van der Waals surface area contributed by atoms with Gasteiger partial charge < -0.3 is 10.5 Å². The number of ether oxygens (including phenoxy) is 1. The Labute approximate surface area is 101 Å². The van der Waals surface area contributed by atoms with Crippen LogP contribution in [0.2, 0.25) is 0 Å². The zero-order valence-electron chi connectivity index (χ0n) is 9.85. The maximum absolute atomic E-state index is 11.2. The molecule has 0 radical (unpaired) electrons. The molecule has 0 unspecified atom stereocenters. The Bertz CT molecular complexity index is 406. The second kappa shape index (κ2) is 6.66. The van der Waals surface area contributed by atoms with Gasteiger partial charge in [0.05, 0.1) is 24.7 Å². The predicted octanol–water partition coefficient (Wildman–Crippen LogP) is 1.38. The molecule has 0 heterocycles. The minimum atomic E-state index is -0.270. The van der Waals surface area contributed by atoms with E-state index in [0.717, 1.165) is 5.56 Å². The first-order valence-corrected chi connectivity index (χ1v) is 5.56. The van der Waals surface area contributed by atoms with Gasteiger partial charge in [0.2, 0.25) is 0 Å². The summed E-state index contributed by atoms with van der Waals surface area (Å²) in [5.74, 6) is -0.270. The van der Waals surface area contributed by atoms with Gasteiger partial charge in [-0.15, -0.1) is 0 Å². The lowest BCUT2D eigenvalue weighted by atomic mass is 10.0. The van der Waals surface area contributed by atoms with Crippen molar-refractivity contribution in [2.75, 3.05) is 6.61 Å². The fourth-order valence-corrected chi connectivity index (χ4v) is 1.52. The van der Waals surface area contributed by atoms with Gasteiger partial charge in [-0.3, -0.25) is 4.79 Å². The van der Waals surface area contributed by atoms with Crippen molar-refractivity contribution in [1.82, 2.24) is 0 Å². The molecule has 0 fully saturated rings. The third-order valence-corrected chi connectivity index (χ3v) is 2.32. The molecule has 1 aromatic carbocycles. The van der Waals surface area contributed by atoms with Gasteiger partial charge in [0.25, 0.3) is 0 Å². The van der Waals surface area contributed by atoms with Gasteiger partial charge in [0.15, 0.2) is 0 Å². The highest BCUT2D eigenvalue weighted by Crippen LogP contribution is 2.07. The summed E-state index contributed by atoms with van der Waals surface area (Å²) < 4.78 is 4.82. The molecule has 0 saturated heterocycles. The quantitative estimate of drug-likeness (QED) is 0.778. The van der Waals surface area contributed by atoms with Crippen molar-refractivity contribution >= 4 is 5.97 Å². The molecule has 2 N–H and O–H groups in total. The minimum Gasteiger partial charge on any atom is -0.466 e. The van der Waals surface area contributed by atoms with E-state index in [4.69, 9.17) is 15.7 Å². The number of esters is 1. The predicted molar refractivity (Wildman–Crippen MR) is 64.1 cm³/mol. The molecule has 0 aromatic heterocycles. The Hall–Kier alpha value is -1.86. The van der Waals surface area contributed by atoms with Crippen LogP contribution in [-0.2, 0) is 16.0 Å². The summed E-state index contributed by atoms with van der Waals surface area (Å²) in [6.07, 6.45) is 0.818. The molecule has 0 bridgehead atoms. The molecular weight excluding hydrogens is 216 g/mol. The summed E-state index contributed by atoms with van der Waals surface area (Å²) in [7, 11) is 0. The van der Waals surface area contributed by atoms with Crippen molar-refractivity contribution in [2.45, 2.75) is 25.8 Å². The molecule has 17 heavy (non-hydrogen) atoms. The van der Waals surface area contributed by atoms with E-state index < -0.39 is 0 Å². The summed E-state index contributed by atoms with van der Waals surface area (Å²) in [5, 5.41) is 8.65. The lowest BCUT2D eigenvalue weighted by Crippen LogP contribution is -2.27. The molecule has 0 saturated carbocycles. The number of carbonyl (C=O) groups excluding carboxylic acids is 1. The molecule has 0 amide bonds. The Kier molecular flexibility index (Phi) is 5.18. The zero-order valence-corrected chi connectivity index (χ0v) is 9.85. The fraction of sp³-hybridized carbons (Fsp3) is 0.385. The second-order valence-corrected chi connectivity index (χ2v) is 3.78. The Morgan fingerprint density at radius 2 is 2.12 bits per heavy atom. The second-order valence-electron chi connectivity index (χ2n) is 3.78. The lowest BCUT2D eigenvalue weighted by Gasteiger charge is -2.10. The number of rotatable bonds is 5. The van der Waals surface area contributed by atoms with E-state index in [1.807, 2.05) is 12.1 Å². The molecule has 4 heteroatoms. The van der Waals surface area contributed by atoms with Gasteiger partial charge in [-0.1, -0.05) is 12.1 Å². The minimum absolute atomic E-state index is 0.216. The smallest absolute Gasteiger partial charge is 0.307 e. The molecule has 1 aromatic rings. The van der Waals surface area contributed by atoms with Crippen LogP contribution in [-0.4, -0.2) is 18.6 Å². The summed E-state index contributed by atoms with van der Waals surface area (Å²) in [4.78, 5) is 11.2. The largest absolute Gasteiger partial charge is 0.466 e. The van der Waals surface area contributed by atoms with Crippen molar-refractivity contribution < 1.29 is 9.53 Å². The van der Waals surface area contributed by atoms with Crippen molar-refractivity contribution in [3.63, 3.8) is 0 Å². The number of hydrogen-bond donors (Lipinski definition) is 1. The van der Waals surface area contributed by atoms with Crippen LogP contribution in [0.25, 0.3) is 0 Å². The van der Waals surface area contributed by atoms with Crippen LogP contribution in [0.3, 0.4) is 0 Å². The number of nitrogens with zero attached hydrogens (tertiary/aromatic N) is 1. The topological polar surface area (TPSA) is 76.1 Å². The highest BCUT2D eigenvalue weighted by atomic mass is 16.5. The molecule has 1 atom stereocenters. The first-order chi connectivity index (χ1) is 8.15. The average molecular weight is 232 g/mol. The van der Waals surface area contributed by atoms with Gasteiger partial charge in [-0.25, -0.2) is 0 Å². The molecule has 90 valence electrons. The van der Waals surface area contributed by atoms with Crippen LogP contribution in [0.15, 0.2) is 24.3 Å². The van der Waals surface area contributed by atoms with E-state index in [-0.39, 0.29) is 18.4 Å². The third-order valence-electron chi connectivity index (χ3n) is 2.32. The van der Waals surface area contributed by atoms with Crippen LogP contribution in [0.1, 0.15) is 24.5 Å². The monoisotopic (exact) mass is 232 g/mol. The number of benzene rings is 1. The highest BCUT2D eigenvalue weighted by Gasteiger charge is 2.10. The van der Waals surface area contributed by atoms with Gasteiger partial charge >= 0.3 is 5.97 Å². The van der Waals surface area contributed by atoms with Crippen LogP contribution in [0, 0.1) is 11.3 Å². The maximum atomic E-state index is 11.2. The molecule has 1 rings (SSSR count). The summed E-state index contributed by atoms with van der Waals surface area (Å²) in [6.45, 7) is 2.15. The Morgan fingerprint density at radius 1 is 1.47 bits per heavy atom. The van der Waals surface area contributed by atoms with Crippen LogP contribution in [0.5, 0.6) is 0 Å². The lowest BCUT2D eigenvalue weighted by molar-refractivity contribution is -0.143. The van der Waals surface area contributed by atoms with E-state index >= 15 is 0 Å². The number of nitrogens with two attached hydrogens (primary N) is 1. The standard InChI is InChI=1S/C13H16N2O2/c1-2-17-13(16)8-12(15)7-10-3-5-11(9-14)6-4-10/h3-6,12H,2,7-8,15H2,1H3/t12-/m0/s1. The maximum Gasteiger partial charge on any atom is 0.307 e. The molecule has 0 spiro atoms. The van der Waals surface area contributed by atoms with Crippen molar-refractivity contribution in [2.24, 2.45) is 5.73 Å².